The van der Waals surface area contributed by atoms with Gasteiger partial charge < -0.3 is 15.7 Å². The standard InChI is InChI=1S/C11H17N3O3S/c1-3-4-8(10(15)16)14-11(17)13-7(2)9-12-5-6-18-9/h5-8H,3-4H2,1-2H3,(H,15,16)(H2,13,14,17)/t7?,8-/m1/s1. The average Bonchev–Trinajstić information content (AvgIpc) is 2.81. The molecule has 0 bridgehead atoms. The number of amides is 2. The van der Waals surface area contributed by atoms with E-state index in [4.69, 9.17) is 5.11 Å². The molecule has 18 heavy (non-hydrogen) atoms. The van der Waals surface area contributed by atoms with Crippen molar-refractivity contribution in [1.82, 2.24) is 15.6 Å². The van der Waals surface area contributed by atoms with E-state index in [0.717, 1.165) is 5.01 Å². The van der Waals surface area contributed by atoms with Crippen LogP contribution >= 0.6 is 11.3 Å². The number of nitrogens with zero attached hydrogens (tertiary/aromatic N) is 1. The van der Waals surface area contributed by atoms with Gasteiger partial charge in [0.2, 0.25) is 0 Å². The van der Waals surface area contributed by atoms with E-state index in [2.05, 4.69) is 15.6 Å². The maximum Gasteiger partial charge on any atom is 0.326 e. The molecule has 0 fully saturated rings. The minimum Gasteiger partial charge on any atom is -0.480 e. The number of hydrogen-bond acceptors (Lipinski definition) is 4. The Balaban J connectivity index is 2.47. The molecule has 0 aliphatic carbocycles. The predicted molar refractivity (Wildman–Crippen MR) is 68.5 cm³/mol. The van der Waals surface area contributed by atoms with Crippen LogP contribution in [0.5, 0.6) is 0 Å². The lowest BCUT2D eigenvalue weighted by Gasteiger charge is -2.16. The van der Waals surface area contributed by atoms with Crippen LogP contribution in [0.3, 0.4) is 0 Å². The monoisotopic (exact) mass is 271 g/mol. The number of rotatable bonds is 6. The van der Waals surface area contributed by atoms with Crippen LogP contribution in [-0.2, 0) is 4.79 Å². The molecule has 0 saturated carbocycles. The van der Waals surface area contributed by atoms with E-state index in [1.54, 1.807) is 13.1 Å². The zero-order valence-corrected chi connectivity index (χ0v) is 11.2. The molecule has 2 amide bonds. The third kappa shape index (κ3) is 4.33. The van der Waals surface area contributed by atoms with Crippen molar-refractivity contribution in [2.24, 2.45) is 0 Å². The molecule has 1 rings (SSSR count). The summed E-state index contributed by atoms with van der Waals surface area (Å²) in [6.45, 7) is 3.67. The molecule has 1 aromatic heterocycles. The summed E-state index contributed by atoms with van der Waals surface area (Å²) in [5.41, 5.74) is 0. The molecule has 0 saturated heterocycles. The zero-order chi connectivity index (χ0) is 13.5. The van der Waals surface area contributed by atoms with Crippen LogP contribution in [0.15, 0.2) is 11.6 Å². The first-order valence-corrected chi connectivity index (χ1v) is 6.61. The van der Waals surface area contributed by atoms with Crippen LogP contribution in [0.25, 0.3) is 0 Å². The number of carboxylic acids is 1. The summed E-state index contributed by atoms with van der Waals surface area (Å²) in [5.74, 6) is -1.02. The molecule has 1 heterocycles. The Hall–Kier alpha value is -1.63. The fraction of sp³-hybridized carbons (Fsp3) is 0.545. The Morgan fingerprint density at radius 3 is 2.72 bits per heavy atom. The molecular formula is C11H17N3O3S. The second-order valence-electron chi connectivity index (χ2n) is 3.89. The molecule has 0 aliphatic heterocycles. The molecule has 0 aromatic carbocycles. The topological polar surface area (TPSA) is 91.3 Å². The van der Waals surface area contributed by atoms with E-state index in [1.807, 2.05) is 12.3 Å². The smallest absolute Gasteiger partial charge is 0.326 e. The second kappa shape index (κ2) is 6.95. The minimum atomic E-state index is -1.02. The third-order valence-electron chi connectivity index (χ3n) is 2.35. The van der Waals surface area contributed by atoms with Gasteiger partial charge in [-0.1, -0.05) is 13.3 Å². The number of hydrogen-bond donors (Lipinski definition) is 3. The molecule has 1 unspecified atom stereocenters. The highest BCUT2D eigenvalue weighted by Gasteiger charge is 2.20. The number of nitrogens with one attached hydrogen (secondary N) is 2. The van der Waals surface area contributed by atoms with Gasteiger partial charge in [0.15, 0.2) is 0 Å². The third-order valence-corrected chi connectivity index (χ3v) is 3.31. The number of carboxylic acid groups (broad SMARTS) is 1. The summed E-state index contributed by atoms with van der Waals surface area (Å²) >= 11 is 1.44. The van der Waals surface area contributed by atoms with Crippen LogP contribution in [-0.4, -0.2) is 28.1 Å². The number of urea groups is 1. The van der Waals surface area contributed by atoms with Gasteiger partial charge in [0.1, 0.15) is 11.0 Å². The van der Waals surface area contributed by atoms with Gasteiger partial charge >= 0.3 is 12.0 Å². The van der Waals surface area contributed by atoms with Gasteiger partial charge in [-0.2, -0.15) is 0 Å². The highest BCUT2D eigenvalue weighted by Crippen LogP contribution is 2.14. The van der Waals surface area contributed by atoms with Gasteiger partial charge in [-0.05, 0) is 13.3 Å². The van der Waals surface area contributed by atoms with Crippen LogP contribution in [0.1, 0.15) is 37.7 Å². The van der Waals surface area contributed by atoms with Gasteiger partial charge in [0.05, 0.1) is 6.04 Å². The molecule has 6 nitrogen and oxygen atoms in total. The number of aliphatic carboxylic acids is 1. The number of carbonyl (C=O) groups is 2. The zero-order valence-electron chi connectivity index (χ0n) is 10.3. The Bertz CT molecular complexity index is 394. The van der Waals surface area contributed by atoms with Crippen molar-refractivity contribution >= 4 is 23.3 Å². The fourth-order valence-corrected chi connectivity index (χ4v) is 2.10. The SMILES string of the molecule is CCC[C@@H](NC(=O)NC(C)c1nccs1)C(=O)O. The summed E-state index contributed by atoms with van der Waals surface area (Å²) < 4.78 is 0. The van der Waals surface area contributed by atoms with E-state index in [-0.39, 0.29) is 6.04 Å². The Morgan fingerprint density at radius 1 is 1.50 bits per heavy atom. The molecule has 2 atom stereocenters. The Labute approximate surface area is 109 Å². The Morgan fingerprint density at radius 2 is 2.22 bits per heavy atom. The Kier molecular flexibility index (Phi) is 5.57. The molecule has 1 aromatic rings. The van der Waals surface area contributed by atoms with Gasteiger partial charge in [-0.15, -0.1) is 11.3 Å². The summed E-state index contributed by atoms with van der Waals surface area (Å²) in [6, 6.07) is -1.57. The molecule has 0 radical (unpaired) electrons. The summed E-state index contributed by atoms with van der Waals surface area (Å²) in [5, 5.41) is 16.6. The summed E-state index contributed by atoms with van der Waals surface area (Å²) in [7, 11) is 0. The lowest BCUT2D eigenvalue weighted by atomic mass is 10.2. The largest absolute Gasteiger partial charge is 0.480 e. The minimum absolute atomic E-state index is 0.235. The summed E-state index contributed by atoms with van der Waals surface area (Å²) in [6.07, 6.45) is 2.76. The van der Waals surface area contributed by atoms with Crippen molar-refractivity contribution < 1.29 is 14.7 Å². The van der Waals surface area contributed by atoms with Crippen LogP contribution in [0.2, 0.25) is 0 Å². The highest BCUT2D eigenvalue weighted by molar-refractivity contribution is 7.09. The van der Waals surface area contributed by atoms with Crippen molar-refractivity contribution in [3.05, 3.63) is 16.6 Å². The molecule has 100 valence electrons. The second-order valence-corrected chi connectivity index (χ2v) is 4.82. The predicted octanol–water partition coefficient (Wildman–Crippen LogP) is 1.76. The highest BCUT2D eigenvalue weighted by atomic mass is 32.1. The first kappa shape index (κ1) is 14.4. The molecule has 3 N–H and O–H groups in total. The molecular weight excluding hydrogens is 254 g/mol. The number of carbonyl (C=O) groups excluding carboxylic acids is 1. The van der Waals surface area contributed by atoms with E-state index >= 15 is 0 Å². The van der Waals surface area contributed by atoms with Crippen molar-refractivity contribution in [3.8, 4) is 0 Å². The lowest BCUT2D eigenvalue weighted by Crippen LogP contribution is -2.46. The normalized spacial score (nSPS) is 13.7. The maximum atomic E-state index is 11.6. The molecule has 0 aliphatic rings. The average molecular weight is 271 g/mol. The first-order chi connectivity index (χ1) is 8.54. The quantitative estimate of drug-likeness (QED) is 0.735. The summed E-state index contributed by atoms with van der Waals surface area (Å²) in [4.78, 5) is 26.6. The number of thiazole rings is 1. The van der Waals surface area contributed by atoms with E-state index < -0.39 is 18.0 Å². The lowest BCUT2D eigenvalue weighted by molar-refractivity contribution is -0.139. The van der Waals surface area contributed by atoms with E-state index in [0.29, 0.717) is 12.8 Å². The van der Waals surface area contributed by atoms with Crippen LogP contribution in [0.4, 0.5) is 4.79 Å². The molecule has 0 spiro atoms. The van der Waals surface area contributed by atoms with Gasteiger partial charge in [-0.25, -0.2) is 14.6 Å². The van der Waals surface area contributed by atoms with Crippen LogP contribution < -0.4 is 10.6 Å². The fourth-order valence-electron chi connectivity index (χ4n) is 1.45. The number of aromatic nitrogens is 1. The van der Waals surface area contributed by atoms with Crippen LogP contribution in [0, 0.1) is 0 Å². The maximum absolute atomic E-state index is 11.6. The van der Waals surface area contributed by atoms with Gasteiger partial charge in [0.25, 0.3) is 0 Å². The van der Waals surface area contributed by atoms with Gasteiger partial charge in [-0.3, -0.25) is 0 Å². The van der Waals surface area contributed by atoms with Crippen molar-refractivity contribution in [2.75, 3.05) is 0 Å². The van der Waals surface area contributed by atoms with Crippen molar-refractivity contribution in [2.45, 2.75) is 38.8 Å². The first-order valence-electron chi connectivity index (χ1n) is 5.73. The van der Waals surface area contributed by atoms with Crippen molar-refractivity contribution in [3.63, 3.8) is 0 Å². The molecule has 7 heteroatoms. The van der Waals surface area contributed by atoms with Crippen molar-refractivity contribution in [1.29, 1.82) is 0 Å². The van der Waals surface area contributed by atoms with Gasteiger partial charge in [0, 0.05) is 11.6 Å². The van der Waals surface area contributed by atoms with E-state index in [9.17, 15) is 9.59 Å². The van der Waals surface area contributed by atoms with E-state index in [1.165, 1.54) is 11.3 Å².